The highest BCUT2D eigenvalue weighted by Gasteiger charge is 2.57. The van der Waals surface area contributed by atoms with Crippen molar-refractivity contribution in [2.45, 2.75) is 85.4 Å². The second-order valence-electron chi connectivity index (χ2n) is 11.9. The van der Waals surface area contributed by atoms with Crippen LogP contribution in [0, 0.1) is 28.6 Å². The monoisotopic (exact) mass is 454 g/mol. The van der Waals surface area contributed by atoms with E-state index >= 15 is 0 Å². The molecule has 32 heavy (non-hydrogen) atoms. The van der Waals surface area contributed by atoms with Crippen molar-refractivity contribution in [3.8, 4) is 0 Å². The lowest BCUT2D eigenvalue weighted by molar-refractivity contribution is -0.197. The number of alkyl halides is 3. The van der Waals surface area contributed by atoms with Gasteiger partial charge in [0.1, 0.15) is 0 Å². The topological polar surface area (TPSA) is 49.4 Å². The third-order valence-electron chi connectivity index (χ3n) is 7.36. The predicted octanol–water partition coefficient (Wildman–Crippen LogP) is 5.60. The van der Waals surface area contributed by atoms with Crippen molar-refractivity contribution in [1.29, 1.82) is 0 Å². The minimum absolute atomic E-state index is 0.0231. The van der Waals surface area contributed by atoms with Crippen LogP contribution in [-0.2, 0) is 9.59 Å². The molecule has 0 spiro atoms. The van der Waals surface area contributed by atoms with Gasteiger partial charge in [-0.1, -0.05) is 45.4 Å². The van der Waals surface area contributed by atoms with Gasteiger partial charge in [-0.05, 0) is 50.9 Å². The Morgan fingerprint density at radius 2 is 1.78 bits per heavy atom. The minimum atomic E-state index is -4.46. The van der Waals surface area contributed by atoms with E-state index < -0.39 is 40.8 Å². The maximum absolute atomic E-state index is 14.1. The molecule has 4 nitrogen and oxygen atoms in total. The third-order valence-corrected chi connectivity index (χ3v) is 7.36. The van der Waals surface area contributed by atoms with Crippen LogP contribution in [0.5, 0.6) is 0 Å². The number of rotatable bonds is 3. The lowest BCUT2D eigenvalue weighted by Gasteiger charge is -2.52. The van der Waals surface area contributed by atoms with Crippen LogP contribution >= 0.6 is 0 Å². The molecule has 2 aliphatic carbocycles. The fraction of sp³-hybridized carbons (Fsp3) is 0.760. The average Bonchev–Trinajstić information content (AvgIpc) is 2.61. The molecule has 1 aliphatic heterocycles. The number of nitrogens with one attached hydrogen (secondary N) is 1. The number of amides is 2. The number of hydrogen-bond donors (Lipinski definition) is 1. The van der Waals surface area contributed by atoms with Gasteiger partial charge in [0.25, 0.3) is 0 Å². The number of allylic oxidation sites excluding steroid dienone is 3. The molecule has 1 fully saturated rings. The highest BCUT2D eigenvalue weighted by atomic mass is 19.4. The molecule has 3 aliphatic rings. The Hall–Kier alpha value is -1.79. The number of piperidine rings is 1. The lowest BCUT2D eigenvalue weighted by atomic mass is 9.57. The molecule has 1 N–H and O–H groups in total. The van der Waals surface area contributed by atoms with Crippen LogP contribution in [0.3, 0.4) is 0 Å². The smallest absolute Gasteiger partial charge is 0.351 e. The first-order chi connectivity index (χ1) is 14.5. The van der Waals surface area contributed by atoms with E-state index in [2.05, 4.69) is 26.1 Å². The highest BCUT2D eigenvalue weighted by molar-refractivity contribution is 5.82. The summed E-state index contributed by atoms with van der Waals surface area (Å²) in [4.78, 5) is 27.3. The zero-order valence-corrected chi connectivity index (χ0v) is 20.3. The number of likely N-dealkylation sites (tertiary alicyclic amines) is 1. The lowest BCUT2D eigenvalue weighted by Crippen LogP contribution is -2.55. The molecule has 180 valence electrons. The van der Waals surface area contributed by atoms with Gasteiger partial charge in [0.05, 0.1) is 11.8 Å². The summed E-state index contributed by atoms with van der Waals surface area (Å²) in [7, 11) is 1.73. The first-order valence-electron chi connectivity index (χ1n) is 11.5. The van der Waals surface area contributed by atoms with Gasteiger partial charge < -0.3 is 10.2 Å². The number of halogens is 3. The summed E-state index contributed by atoms with van der Waals surface area (Å²) in [6.45, 7) is 11.9. The van der Waals surface area contributed by atoms with Crippen molar-refractivity contribution >= 4 is 11.8 Å². The van der Waals surface area contributed by atoms with E-state index in [9.17, 15) is 22.8 Å². The molecule has 1 saturated heterocycles. The molecule has 0 saturated carbocycles. The molecule has 0 radical (unpaired) electrons. The van der Waals surface area contributed by atoms with Crippen LogP contribution in [-0.4, -0.2) is 35.5 Å². The van der Waals surface area contributed by atoms with Crippen molar-refractivity contribution in [2.75, 3.05) is 7.05 Å². The maximum Gasteiger partial charge on any atom is 0.392 e. The van der Waals surface area contributed by atoms with E-state index in [1.54, 1.807) is 18.0 Å². The largest absolute Gasteiger partial charge is 0.392 e. The van der Waals surface area contributed by atoms with E-state index in [4.69, 9.17) is 0 Å². The van der Waals surface area contributed by atoms with Gasteiger partial charge in [0.2, 0.25) is 11.8 Å². The molecular formula is C25H37F3N2O2. The summed E-state index contributed by atoms with van der Waals surface area (Å²) in [5.74, 6) is -3.89. The van der Waals surface area contributed by atoms with E-state index in [1.165, 1.54) is 0 Å². The first-order valence-corrected chi connectivity index (χ1v) is 11.5. The Morgan fingerprint density at radius 1 is 1.16 bits per heavy atom. The van der Waals surface area contributed by atoms with Gasteiger partial charge >= 0.3 is 6.18 Å². The number of carbonyl (C=O) groups excluding carboxylic acids is 2. The van der Waals surface area contributed by atoms with Crippen molar-refractivity contribution in [1.82, 2.24) is 10.2 Å². The fourth-order valence-electron chi connectivity index (χ4n) is 6.47. The van der Waals surface area contributed by atoms with Crippen molar-refractivity contribution in [2.24, 2.45) is 28.6 Å². The number of carbonyl (C=O) groups is 2. The number of hydrogen-bond acceptors (Lipinski definition) is 2. The quantitative estimate of drug-likeness (QED) is 0.564. The molecule has 0 bridgehead atoms. The summed E-state index contributed by atoms with van der Waals surface area (Å²) in [6, 6.07) is 0. The zero-order valence-electron chi connectivity index (χ0n) is 20.3. The van der Waals surface area contributed by atoms with E-state index in [1.807, 2.05) is 26.8 Å². The van der Waals surface area contributed by atoms with E-state index in [0.29, 0.717) is 25.7 Å². The van der Waals surface area contributed by atoms with Gasteiger partial charge in [0.15, 0.2) is 0 Å². The average molecular weight is 455 g/mol. The summed E-state index contributed by atoms with van der Waals surface area (Å²) in [6.07, 6.45) is 0.839. The summed E-state index contributed by atoms with van der Waals surface area (Å²) in [5, 5.41) is 2.97. The molecule has 3 unspecified atom stereocenters. The standard InChI is InChI=1S/C25H37F3N2O2/c1-22(2,3)14-23(4,5)29-21(32)20-15-8-11-18-24(6,13-12-19(31)30(18)7)16(15)9-10-17(20)25(26,27)28/h9,11,15,17,20H,8,10,12-14H2,1-7H3,(H,29,32)/t15?,17?,20?,24-/m1/s1. The molecule has 3 rings (SSSR count). The van der Waals surface area contributed by atoms with Crippen LogP contribution in [0.25, 0.3) is 0 Å². The van der Waals surface area contributed by atoms with Crippen LogP contribution in [0.15, 0.2) is 23.4 Å². The molecule has 1 heterocycles. The van der Waals surface area contributed by atoms with Crippen molar-refractivity contribution in [3.63, 3.8) is 0 Å². The first kappa shape index (κ1) is 24.8. The molecule has 2 amide bonds. The van der Waals surface area contributed by atoms with Crippen LogP contribution in [0.2, 0.25) is 0 Å². The fourth-order valence-corrected chi connectivity index (χ4v) is 6.47. The van der Waals surface area contributed by atoms with Gasteiger partial charge in [-0.2, -0.15) is 13.2 Å². The van der Waals surface area contributed by atoms with Crippen molar-refractivity contribution in [3.05, 3.63) is 23.4 Å². The molecule has 4 atom stereocenters. The Bertz CT molecular complexity index is 850. The Labute approximate surface area is 189 Å². The van der Waals surface area contributed by atoms with Gasteiger partial charge in [0, 0.05) is 30.1 Å². The summed E-state index contributed by atoms with van der Waals surface area (Å²) in [5.41, 5.74) is 0.538. The molecule has 0 aromatic rings. The van der Waals surface area contributed by atoms with Crippen molar-refractivity contribution < 1.29 is 22.8 Å². The highest BCUT2D eigenvalue weighted by Crippen LogP contribution is 2.57. The summed E-state index contributed by atoms with van der Waals surface area (Å²) < 4.78 is 42.2. The van der Waals surface area contributed by atoms with Gasteiger partial charge in [-0.3, -0.25) is 9.59 Å². The normalized spacial score (nSPS) is 31.4. The third kappa shape index (κ3) is 4.62. The predicted molar refractivity (Wildman–Crippen MR) is 118 cm³/mol. The van der Waals surface area contributed by atoms with Gasteiger partial charge in [-0.15, -0.1) is 0 Å². The Morgan fingerprint density at radius 3 is 2.34 bits per heavy atom. The van der Waals surface area contributed by atoms with Crippen LogP contribution in [0.4, 0.5) is 13.2 Å². The Balaban J connectivity index is 1.98. The second kappa shape index (κ2) is 7.91. The second-order valence-corrected chi connectivity index (χ2v) is 11.9. The molecular weight excluding hydrogens is 417 g/mol. The number of fused-ring (bicyclic) bond motifs is 3. The Kier molecular flexibility index (Phi) is 6.14. The molecule has 0 aromatic heterocycles. The maximum atomic E-state index is 14.1. The summed E-state index contributed by atoms with van der Waals surface area (Å²) >= 11 is 0. The van der Waals surface area contributed by atoms with Crippen LogP contribution < -0.4 is 5.32 Å². The zero-order chi connectivity index (χ0) is 24.3. The minimum Gasteiger partial charge on any atom is -0.351 e. The molecule has 0 aromatic carbocycles. The SMILES string of the molecule is CN1C(=O)CC[C@]2(C)C3=CCC(C(F)(F)F)C(C(=O)NC(C)(C)CC(C)(C)C)C3CC=C12. The van der Waals surface area contributed by atoms with E-state index in [-0.39, 0.29) is 17.7 Å². The molecule has 7 heteroatoms. The van der Waals surface area contributed by atoms with Crippen LogP contribution in [0.1, 0.15) is 73.6 Å². The van der Waals surface area contributed by atoms with Gasteiger partial charge in [-0.25, -0.2) is 0 Å². The van der Waals surface area contributed by atoms with E-state index in [0.717, 1.165) is 11.3 Å². The number of nitrogens with zero attached hydrogens (tertiary/aromatic N) is 1.